The molecule has 0 radical (unpaired) electrons. The van der Waals surface area contributed by atoms with Crippen molar-refractivity contribution in [3.8, 4) is 0 Å². The lowest BCUT2D eigenvalue weighted by molar-refractivity contribution is -0.273. The summed E-state index contributed by atoms with van der Waals surface area (Å²) in [6.45, 7) is 4.38. The summed E-state index contributed by atoms with van der Waals surface area (Å²) in [4.78, 5) is 58.7. The van der Waals surface area contributed by atoms with Crippen LogP contribution in [0.4, 0.5) is 0 Å². The number of esters is 5. The van der Waals surface area contributed by atoms with E-state index in [1.54, 1.807) is 13.8 Å². The summed E-state index contributed by atoms with van der Waals surface area (Å²) in [6, 6.07) is 0. The first-order chi connectivity index (χ1) is 14.2. The van der Waals surface area contributed by atoms with Gasteiger partial charge in [0.05, 0.1) is 13.7 Å². The Morgan fingerprint density at radius 1 is 0.767 bits per heavy atom. The SMILES string of the molecule is CCC(=O)O[C@H]1[C@@H](OC(=O)/C=C/C(=O)OC)OC[C@@H](OC(=O)CC)[C@H]1OC(=O)CC. The molecule has 0 amide bonds. The predicted molar refractivity (Wildman–Crippen MR) is 97.5 cm³/mol. The lowest BCUT2D eigenvalue weighted by Gasteiger charge is -2.39. The van der Waals surface area contributed by atoms with Gasteiger partial charge in [-0.15, -0.1) is 0 Å². The zero-order chi connectivity index (χ0) is 22.7. The van der Waals surface area contributed by atoms with E-state index < -0.39 is 54.4 Å². The highest BCUT2D eigenvalue weighted by Crippen LogP contribution is 2.26. The molecule has 1 rings (SSSR count). The van der Waals surface area contributed by atoms with Crippen LogP contribution in [0.1, 0.15) is 40.0 Å². The molecule has 0 aliphatic carbocycles. The Bertz CT molecular complexity index is 669. The van der Waals surface area contributed by atoms with Crippen LogP contribution in [0.15, 0.2) is 12.2 Å². The number of rotatable bonds is 9. The molecule has 0 unspecified atom stereocenters. The fourth-order valence-electron chi connectivity index (χ4n) is 2.29. The summed E-state index contributed by atoms with van der Waals surface area (Å²) in [5, 5.41) is 0. The molecule has 0 aromatic carbocycles. The monoisotopic (exact) mass is 430 g/mol. The molecule has 11 nitrogen and oxygen atoms in total. The fraction of sp³-hybridized carbons (Fsp3) is 0.632. The molecular weight excluding hydrogens is 404 g/mol. The molecule has 1 fully saturated rings. The Balaban J connectivity index is 3.11. The summed E-state index contributed by atoms with van der Waals surface area (Å²) >= 11 is 0. The number of methoxy groups -OCH3 is 1. The largest absolute Gasteiger partial charge is 0.466 e. The summed E-state index contributed by atoms with van der Waals surface area (Å²) < 4.78 is 30.7. The predicted octanol–water partition coefficient (Wildman–Crippen LogP) is 0.581. The quantitative estimate of drug-likeness (QED) is 0.288. The summed E-state index contributed by atoms with van der Waals surface area (Å²) in [5.41, 5.74) is 0. The van der Waals surface area contributed by atoms with Gasteiger partial charge in [0.2, 0.25) is 12.4 Å². The van der Waals surface area contributed by atoms with Crippen molar-refractivity contribution < 1.29 is 52.4 Å². The highest BCUT2D eigenvalue weighted by atomic mass is 16.7. The molecule has 0 bridgehead atoms. The Labute approximate surface area is 173 Å². The second-order valence-electron chi connectivity index (χ2n) is 5.99. The number of hydrogen-bond acceptors (Lipinski definition) is 11. The number of carbonyl (C=O) groups is 5. The van der Waals surface area contributed by atoms with E-state index in [-0.39, 0.29) is 25.9 Å². The van der Waals surface area contributed by atoms with Gasteiger partial charge >= 0.3 is 29.8 Å². The Kier molecular flexibility index (Phi) is 10.5. The first kappa shape index (κ1) is 25.1. The maximum absolute atomic E-state index is 12.0. The van der Waals surface area contributed by atoms with Crippen LogP contribution in [0.3, 0.4) is 0 Å². The Morgan fingerprint density at radius 2 is 1.27 bits per heavy atom. The van der Waals surface area contributed by atoms with Gasteiger partial charge in [-0.2, -0.15) is 0 Å². The smallest absolute Gasteiger partial charge is 0.333 e. The second-order valence-corrected chi connectivity index (χ2v) is 5.99. The first-order valence-electron chi connectivity index (χ1n) is 9.42. The van der Waals surface area contributed by atoms with E-state index in [2.05, 4.69) is 4.74 Å². The topological polar surface area (TPSA) is 141 Å². The van der Waals surface area contributed by atoms with E-state index in [4.69, 9.17) is 23.7 Å². The van der Waals surface area contributed by atoms with Crippen molar-refractivity contribution in [1.82, 2.24) is 0 Å². The van der Waals surface area contributed by atoms with Crippen LogP contribution in [-0.4, -0.2) is 68.2 Å². The molecule has 1 heterocycles. The second kappa shape index (κ2) is 12.6. The summed E-state index contributed by atoms with van der Waals surface area (Å²) in [5.74, 6) is -3.69. The van der Waals surface area contributed by atoms with Gasteiger partial charge < -0.3 is 28.4 Å². The van der Waals surface area contributed by atoms with Gasteiger partial charge in [0.15, 0.2) is 12.2 Å². The summed E-state index contributed by atoms with van der Waals surface area (Å²) in [6.07, 6.45) is -3.54. The molecule has 0 saturated carbocycles. The fourth-order valence-corrected chi connectivity index (χ4v) is 2.29. The van der Waals surface area contributed by atoms with Crippen molar-refractivity contribution in [2.24, 2.45) is 0 Å². The maximum Gasteiger partial charge on any atom is 0.333 e. The van der Waals surface area contributed by atoms with Gasteiger partial charge in [0.1, 0.15) is 0 Å². The van der Waals surface area contributed by atoms with E-state index in [0.717, 1.165) is 19.3 Å². The summed E-state index contributed by atoms with van der Waals surface area (Å²) in [7, 11) is 1.13. The van der Waals surface area contributed by atoms with Crippen molar-refractivity contribution in [3.63, 3.8) is 0 Å². The van der Waals surface area contributed by atoms with Crippen molar-refractivity contribution in [1.29, 1.82) is 0 Å². The van der Waals surface area contributed by atoms with Crippen LogP contribution in [0.2, 0.25) is 0 Å². The van der Waals surface area contributed by atoms with Gasteiger partial charge in [-0.1, -0.05) is 20.8 Å². The van der Waals surface area contributed by atoms with Crippen molar-refractivity contribution >= 4 is 29.8 Å². The molecule has 1 saturated heterocycles. The molecule has 0 spiro atoms. The van der Waals surface area contributed by atoms with E-state index in [9.17, 15) is 24.0 Å². The van der Waals surface area contributed by atoms with Gasteiger partial charge in [-0.3, -0.25) is 14.4 Å². The third kappa shape index (κ3) is 7.82. The normalized spacial score (nSPS) is 23.3. The van der Waals surface area contributed by atoms with Crippen LogP contribution in [0, 0.1) is 0 Å². The van der Waals surface area contributed by atoms with Crippen LogP contribution in [0.25, 0.3) is 0 Å². The van der Waals surface area contributed by atoms with E-state index >= 15 is 0 Å². The van der Waals surface area contributed by atoms with Crippen LogP contribution in [-0.2, 0) is 52.4 Å². The average molecular weight is 430 g/mol. The van der Waals surface area contributed by atoms with Gasteiger partial charge in [-0.25, -0.2) is 9.59 Å². The lowest BCUT2D eigenvalue weighted by atomic mass is 10.0. The number of ether oxygens (including phenoxy) is 6. The zero-order valence-corrected chi connectivity index (χ0v) is 17.3. The Hall–Kier alpha value is -2.95. The third-order valence-corrected chi connectivity index (χ3v) is 3.86. The van der Waals surface area contributed by atoms with E-state index in [1.165, 1.54) is 6.92 Å². The number of carbonyl (C=O) groups excluding carboxylic acids is 5. The molecule has 1 aliphatic heterocycles. The molecule has 1 aliphatic rings. The molecule has 4 atom stereocenters. The molecule has 0 aromatic rings. The van der Waals surface area contributed by atoms with E-state index in [0.29, 0.717) is 0 Å². The Morgan fingerprint density at radius 3 is 1.80 bits per heavy atom. The van der Waals surface area contributed by atoms with Crippen molar-refractivity contribution in [2.45, 2.75) is 64.6 Å². The van der Waals surface area contributed by atoms with Gasteiger partial charge in [0, 0.05) is 31.4 Å². The van der Waals surface area contributed by atoms with Crippen molar-refractivity contribution in [3.05, 3.63) is 12.2 Å². The van der Waals surface area contributed by atoms with Crippen LogP contribution < -0.4 is 0 Å². The van der Waals surface area contributed by atoms with E-state index in [1.807, 2.05) is 0 Å². The van der Waals surface area contributed by atoms with Crippen LogP contribution >= 0.6 is 0 Å². The van der Waals surface area contributed by atoms with Gasteiger partial charge in [0.25, 0.3) is 0 Å². The minimum Gasteiger partial charge on any atom is -0.466 e. The van der Waals surface area contributed by atoms with Gasteiger partial charge in [-0.05, 0) is 0 Å². The standard InChI is InChI=1S/C19H26O11/c1-5-12(20)27-11-10-26-19(30-16(24)9-8-15(23)25-4)18(29-14(22)7-3)17(11)28-13(21)6-2/h8-9,11,17-19H,5-7,10H2,1-4H3/b9-8+/t11-,17-,18-,19-/m1/s1. The maximum atomic E-state index is 12.0. The molecule has 0 aromatic heterocycles. The molecule has 11 heteroatoms. The molecule has 168 valence electrons. The molecule has 0 N–H and O–H groups in total. The van der Waals surface area contributed by atoms with Crippen LogP contribution in [0.5, 0.6) is 0 Å². The third-order valence-electron chi connectivity index (χ3n) is 3.86. The highest BCUT2D eigenvalue weighted by molar-refractivity contribution is 5.91. The minimum absolute atomic E-state index is 0.00651. The molecular formula is C19H26O11. The first-order valence-corrected chi connectivity index (χ1v) is 9.42. The number of hydrogen-bond donors (Lipinski definition) is 0. The van der Waals surface area contributed by atoms with Crippen molar-refractivity contribution in [2.75, 3.05) is 13.7 Å². The average Bonchev–Trinajstić information content (AvgIpc) is 2.74. The lowest BCUT2D eigenvalue weighted by Crippen LogP contribution is -2.58. The zero-order valence-electron chi connectivity index (χ0n) is 17.3. The molecule has 30 heavy (non-hydrogen) atoms. The minimum atomic E-state index is -1.47. The highest BCUT2D eigenvalue weighted by Gasteiger charge is 2.49.